The van der Waals surface area contributed by atoms with E-state index in [0.29, 0.717) is 30.8 Å². The Bertz CT molecular complexity index is 702. The van der Waals surface area contributed by atoms with Gasteiger partial charge in [0.1, 0.15) is 11.8 Å². The van der Waals surface area contributed by atoms with Gasteiger partial charge in [0.15, 0.2) is 0 Å². The lowest BCUT2D eigenvalue weighted by Gasteiger charge is -2.30. The van der Waals surface area contributed by atoms with Gasteiger partial charge in [-0.25, -0.2) is 9.69 Å². The Hall–Kier alpha value is -2.57. The van der Waals surface area contributed by atoms with Crippen LogP contribution in [-0.2, 0) is 14.3 Å². The van der Waals surface area contributed by atoms with Crippen LogP contribution in [0.3, 0.4) is 0 Å². The van der Waals surface area contributed by atoms with Crippen molar-refractivity contribution in [2.75, 3.05) is 25.7 Å². The number of amides is 3. The molecule has 7 nitrogen and oxygen atoms in total. The van der Waals surface area contributed by atoms with Crippen molar-refractivity contribution in [1.82, 2.24) is 4.90 Å². The van der Waals surface area contributed by atoms with Gasteiger partial charge in [0.2, 0.25) is 0 Å². The number of esters is 1. The van der Waals surface area contributed by atoms with Gasteiger partial charge in [-0.3, -0.25) is 9.59 Å². The summed E-state index contributed by atoms with van der Waals surface area (Å²) in [7, 11) is 2.83. The summed E-state index contributed by atoms with van der Waals surface area (Å²) in [5.74, 6) is -0.544. The summed E-state index contributed by atoms with van der Waals surface area (Å²) in [6.45, 7) is 2.24. The molecule has 0 bridgehead atoms. The fourth-order valence-electron chi connectivity index (χ4n) is 3.38. The van der Waals surface area contributed by atoms with E-state index in [1.165, 1.54) is 19.1 Å². The number of carbonyl (C=O) groups excluding carboxylic acids is 3. The lowest BCUT2D eigenvalue weighted by Crippen LogP contribution is -2.44. The first kappa shape index (κ1) is 16.3. The third kappa shape index (κ3) is 2.50. The Kier molecular flexibility index (Phi) is 4.17. The number of imide groups is 1. The van der Waals surface area contributed by atoms with Crippen molar-refractivity contribution >= 4 is 23.6 Å². The molecule has 2 aliphatic heterocycles. The Morgan fingerprint density at radius 3 is 2.67 bits per heavy atom. The van der Waals surface area contributed by atoms with Crippen molar-refractivity contribution in [3.63, 3.8) is 0 Å². The van der Waals surface area contributed by atoms with E-state index in [9.17, 15) is 14.4 Å². The number of nitrogens with zero attached hydrogens (tertiary/aromatic N) is 2. The summed E-state index contributed by atoms with van der Waals surface area (Å²) in [5.41, 5.74) is 1.36. The van der Waals surface area contributed by atoms with Gasteiger partial charge >= 0.3 is 12.0 Å². The number of aryl methyl sites for hydroxylation is 1. The molecule has 0 radical (unpaired) electrons. The van der Waals surface area contributed by atoms with Gasteiger partial charge < -0.3 is 14.4 Å². The molecule has 0 unspecified atom stereocenters. The molecule has 0 aliphatic carbocycles. The first-order valence-electron chi connectivity index (χ1n) is 7.85. The maximum atomic E-state index is 12.8. The summed E-state index contributed by atoms with van der Waals surface area (Å²) in [5, 5.41) is 0. The highest BCUT2D eigenvalue weighted by Crippen LogP contribution is 2.37. The number of piperidine rings is 1. The Morgan fingerprint density at radius 2 is 2.00 bits per heavy atom. The second-order valence-corrected chi connectivity index (χ2v) is 6.09. The molecule has 2 heterocycles. The number of rotatable bonds is 3. The minimum atomic E-state index is -0.624. The molecule has 0 aromatic heterocycles. The fourth-order valence-corrected chi connectivity index (χ4v) is 3.38. The van der Waals surface area contributed by atoms with Gasteiger partial charge in [0.25, 0.3) is 5.91 Å². The predicted octanol–water partition coefficient (Wildman–Crippen LogP) is 1.72. The third-order valence-corrected chi connectivity index (χ3v) is 4.65. The average molecular weight is 332 g/mol. The number of methoxy groups -OCH3 is 2. The molecule has 0 spiro atoms. The number of hydrogen-bond donors (Lipinski definition) is 0. The molecule has 2 aliphatic rings. The highest BCUT2D eigenvalue weighted by Gasteiger charge is 2.50. The Labute approximate surface area is 140 Å². The average Bonchev–Trinajstić information content (AvgIpc) is 2.84. The number of ether oxygens (including phenoxy) is 2. The van der Waals surface area contributed by atoms with Crippen LogP contribution in [-0.4, -0.2) is 49.6 Å². The van der Waals surface area contributed by atoms with E-state index < -0.39 is 6.04 Å². The molecule has 3 amide bonds. The molecule has 3 rings (SSSR count). The zero-order valence-corrected chi connectivity index (χ0v) is 13.9. The molecule has 1 aromatic carbocycles. The van der Waals surface area contributed by atoms with Crippen molar-refractivity contribution in [3.05, 3.63) is 23.8 Å². The van der Waals surface area contributed by atoms with Crippen LogP contribution in [0.5, 0.6) is 5.75 Å². The van der Waals surface area contributed by atoms with E-state index in [4.69, 9.17) is 9.47 Å². The first-order valence-corrected chi connectivity index (χ1v) is 7.85. The van der Waals surface area contributed by atoms with Crippen LogP contribution in [0.25, 0.3) is 0 Å². The molecular weight excluding hydrogens is 312 g/mol. The summed E-state index contributed by atoms with van der Waals surface area (Å²) >= 11 is 0. The summed E-state index contributed by atoms with van der Waals surface area (Å²) in [6, 6.07) is 4.36. The summed E-state index contributed by atoms with van der Waals surface area (Å²) in [4.78, 5) is 40.0. The van der Waals surface area contributed by atoms with Crippen LogP contribution in [0.2, 0.25) is 0 Å². The summed E-state index contributed by atoms with van der Waals surface area (Å²) in [6.07, 6.45) is 0.795. The smallest absolute Gasteiger partial charge is 0.332 e. The van der Waals surface area contributed by atoms with Crippen LogP contribution in [0, 0.1) is 12.8 Å². The van der Waals surface area contributed by atoms with Gasteiger partial charge in [-0.05, 0) is 37.5 Å². The van der Waals surface area contributed by atoms with Crippen molar-refractivity contribution in [2.45, 2.75) is 25.8 Å². The van der Waals surface area contributed by atoms with Crippen LogP contribution in [0.1, 0.15) is 18.4 Å². The molecule has 0 N–H and O–H groups in total. The van der Waals surface area contributed by atoms with E-state index in [1.807, 2.05) is 13.0 Å². The van der Waals surface area contributed by atoms with E-state index in [1.54, 1.807) is 12.1 Å². The number of benzene rings is 1. The molecule has 24 heavy (non-hydrogen) atoms. The van der Waals surface area contributed by atoms with Crippen LogP contribution < -0.4 is 9.64 Å². The van der Waals surface area contributed by atoms with Gasteiger partial charge in [-0.1, -0.05) is 6.07 Å². The maximum Gasteiger partial charge on any atom is 0.332 e. The highest BCUT2D eigenvalue weighted by molar-refractivity contribution is 6.22. The van der Waals surface area contributed by atoms with Crippen LogP contribution in [0.4, 0.5) is 10.5 Å². The minimum absolute atomic E-state index is 0.294. The van der Waals surface area contributed by atoms with Gasteiger partial charge in [-0.15, -0.1) is 0 Å². The van der Waals surface area contributed by atoms with E-state index in [0.717, 1.165) is 10.5 Å². The fraction of sp³-hybridized carbons (Fsp3) is 0.471. The quantitative estimate of drug-likeness (QED) is 0.622. The molecule has 128 valence electrons. The molecule has 2 fully saturated rings. The molecule has 7 heteroatoms. The van der Waals surface area contributed by atoms with E-state index >= 15 is 0 Å². The van der Waals surface area contributed by atoms with Crippen molar-refractivity contribution in [2.24, 2.45) is 5.92 Å². The van der Waals surface area contributed by atoms with Gasteiger partial charge in [0.05, 0.1) is 25.8 Å². The predicted molar refractivity (Wildman–Crippen MR) is 85.8 cm³/mol. The maximum absolute atomic E-state index is 12.8. The third-order valence-electron chi connectivity index (χ3n) is 4.65. The van der Waals surface area contributed by atoms with Crippen molar-refractivity contribution < 1.29 is 23.9 Å². The molecular formula is C17H20N2O5. The Balaban J connectivity index is 1.93. The lowest BCUT2D eigenvalue weighted by atomic mass is 9.91. The highest BCUT2D eigenvalue weighted by atomic mass is 16.5. The lowest BCUT2D eigenvalue weighted by molar-refractivity contribution is -0.147. The standard InChI is InChI=1S/C17H20N2O5/c1-10-4-5-14(23-2)12(8-10)19-15(20)13-9-11(16(21)24-3)6-7-18(13)17(19)22/h4-5,8,11,13H,6-7,9H2,1-3H3/t11-,13-/m0/s1. The number of fused-ring (bicyclic) bond motifs is 1. The van der Waals surface area contributed by atoms with Crippen molar-refractivity contribution in [1.29, 1.82) is 0 Å². The first-order chi connectivity index (χ1) is 11.5. The van der Waals surface area contributed by atoms with Gasteiger partial charge in [0, 0.05) is 6.54 Å². The molecule has 0 saturated carbocycles. The van der Waals surface area contributed by atoms with E-state index in [-0.39, 0.29) is 23.8 Å². The van der Waals surface area contributed by atoms with Crippen LogP contribution >= 0.6 is 0 Å². The minimum Gasteiger partial charge on any atom is -0.495 e. The van der Waals surface area contributed by atoms with E-state index in [2.05, 4.69) is 0 Å². The zero-order chi connectivity index (χ0) is 17.4. The number of carbonyl (C=O) groups is 3. The second kappa shape index (κ2) is 6.14. The molecule has 2 atom stereocenters. The summed E-state index contributed by atoms with van der Waals surface area (Å²) < 4.78 is 10.1. The normalized spacial score (nSPS) is 23.3. The second-order valence-electron chi connectivity index (χ2n) is 6.09. The zero-order valence-electron chi connectivity index (χ0n) is 13.9. The number of hydrogen-bond acceptors (Lipinski definition) is 5. The molecule has 2 saturated heterocycles. The number of anilines is 1. The van der Waals surface area contributed by atoms with Crippen LogP contribution in [0.15, 0.2) is 18.2 Å². The van der Waals surface area contributed by atoms with Gasteiger partial charge in [-0.2, -0.15) is 0 Å². The number of urea groups is 1. The van der Waals surface area contributed by atoms with Crippen molar-refractivity contribution in [3.8, 4) is 5.75 Å². The molecule has 1 aromatic rings. The largest absolute Gasteiger partial charge is 0.495 e. The monoisotopic (exact) mass is 332 g/mol. The Morgan fingerprint density at radius 1 is 1.25 bits per heavy atom. The SMILES string of the molecule is COC(=O)[C@H]1CCN2C(=O)N(c3cc(C)ccc3OC)C(=O)[C@@H]2C1. The topological polar surface area (TPSA) is 76.2 Å².